The monoisotopic (exact) mass is 330 g/mol. The molecule has 0 radical (unpaired) electrons. The fraction of sp³-hybridized carbons (Fsp3) is 0.250. The van der Waals surface area contributed by atoms with Crippen LogP contribution in [0, 0.1) is 6.92 Å². The minimum absolute atomic E-state index is 0.163. The maximum absolute atomic E-state index is 6.12. The zero-order valence-corrected chi connectivity index (χ0v) is 12.7. The van der Waals surface area contributed by atoms with Crippen molar-refractivity contribution >= 4 is 44.6 Å². The second-order valence-corrected chi connectivity index (χ2v) is 5.84. The van der Waals surface area contributed by atoms with Crippen LogP contribution in [0.15, 0.2) is 27.5 Å². The Hall–Kier alpha value is -0.580. The first kappa shape index (κ1) is 12.9. The minimum atomic E-state index is 0.163. The number of thiazole rings is 1. The van der Waals surface area contributed by atoms with Crippen LogP contribution in [-0.4, -0.2) is 4.98 Å². The van der Waals surface area contributed by atoms with Gasteiger partial charge in [-0.15, -0.1) is 11.3 Å². The van der Waals surface area contributed by atoms with Crippen molar-refractivity contribution in [2.75, 3.05) is 5.32 Å². The van der Waals surface area contributed by atoms with Crippen LogP contribution in [0.3, 0.4) is 0 Å². The third-order valence-electron chi connectivity index (χ3n) is 2.52. The molecule has 90 valence electrons. The van der Waals surface area contributed by atoms with Crippen LogP contribution in [0.1, 0.15) is 24.2 Å². The molecule has 1 heterocycles. The van der Waals surface area contributed by atoms with E-state index in [2.05, 4.69) is 33.2 Å². The lowest BCUT2D eigenvalue weighted by Crippen LogP contribution is -2.07. The topological polar surface area (TPSA) is 24.9 Å². The predicted molar refractivity (Wildman–Crippen MR) is 78.0 cm³/mol. The van der Waals surface area contributed by atoms with Gasteiger partial charge in [0.05, 0.1) is 22.9 Å². The molecule has 0 saturated heterocycles. The third kappa shape index (κ3) is 3.00. The van der Waals surface area contributed by atoms with Crippen LogP contribution in [0.4, 0.5) is 5.69 Å². The summed E-state index contributed by atoms with van der Waals surface area (Å²) in [5.74, 6) is 0. The Morgan fingerprint density at radius 1 is 1.47 bits per heavy atom. The number of halogens is 2. The van der Waals surface area contributed by atoms with Gasteiger partial charge in [0, 0.05) is 14.9 Å². The van der Waals surface area contributed by atoms with Gasteiger partial charge in [-0.25, -0.2) is 4.98 Å². The van der Waals surface area contributed by atoms with Gasteiger partial charge >= 0.3 is 0 Å². The van der Waals surface area contributed by atoms with Gasteiger partial charge in [0.1, 0.15) is 0 Å². The Bertz CT molecular complexity index is 513. The maximum Gasteiger partial charge on any atom is 0.0795 e. The van der Waals surface area contributed by atoms with Gasteiger partial charge in [-0.1, -0.05) is 11.6 Å². The molecule has 0 aliphatic rings. The Morgan fingerprint density at radius 2 is 2.24 bits per heavy atom. The zero-order chi connectivity index (χ0) is 12.4. The minimum Gasteiger partial charge on any atom is -0.376 e. The molecule has 0 bridgehead atoms. The number of aromatic nitrogens is 1. The number of aryl methyl sites for hydroxylation is 1. The normalized spacial score (nSPS) is 12.5. The summed E-state index contributed by atoms with van der Waals surface area (Å²) in [6, 6.07) is 4.11. The average Bonchev–Trinajstić information content (AvgIpc) is 2.79. The lowest BCUT2D eigenvalue weighted by molar-refractivity contribution is 0.849. The Balaban J connectivity index is 2.22. The highest BCUT2D eigenvalue weighted by Crippen LogP contribution is 2.31. The van der Waals surface area contributed by atoms with Gasteiger partial charge in [0.2, 0.25) is 0 Å². The van der Waals surface area contributed by atoms with E-state index >= 15 is 0 Å². The summed E-state index contributed by atoms with van der Waals surface area (Å²) in [6.07, 6.45) is 0. The molecule has 0 amide bonds. The fourth-order valence-electron chi connectivity index (χ4n) is 1.50. The molecule has 0 aliphatic carbocycles. The van der Waals surface area contributed by atoms with Crippen molar-refractivity contribution in [3.05, 3.63) is 43.8 Å². The van der Waals surface area contributed by atoms with E-state index in [1.165, 1.54) is 0 Å². The molecule has 2 aromatic rings. The maximum atomic E-state index is 6.12. The molecule has 17 heavy (non-hydrogen) atoms. The predicted octanol–water partition coefficient (Wildman–Crippen LogP) is 5.04. The second kappa shape index (κ2) is 5.38. The first-order chi connectivity index (χ1) is 8.08. The van der Waals surface area contributed by atoms with Crippen molar-refractivity contribution in [3.8, 4) is 0 Å². The summed E-state index contributed by atoms with van der Waals surface area (Å²) in [4.78, 5) is 4.29. The highest BCUT2D eigenvalue weighted by molar-refractivity contribution is 9.10. The molecule has 2 rings (SSSR count). The summed E-state index contributed by atoms with van der Waals surface area (Å²) in [5.41, 5.74) is 4.93. The van der Waals surface area contributed by atoms with E-state index in [1.54, 1.807) is 11.3 Å². The third-order valence-corrected chi connectivity index (χ3v) is 4.18. The lowest BCUT2D eigenvalue weighted by atomic mass is 10.2. The van der Waals surface area contributed by atoms with Gasteiger partial charge in [0.15, 0.2) is 0 Å². The number of nitrogens with one attached hydrogen (secondary N) is 1. The summed E-state index contributed by atoms with van der Waals surface area (Å²) in [5, 5.41) is 6.20. The number of hydrogen-bond donors (Lipinski definition) is 1. The van der Waals surface area contributed by atoms with Crippen LogP contribution in [0.5, 0.6) is 0 Å². The number of benzene rings is 1. The Labute approximate surface area is 118 Å². The van der Waals surface area contributed by atoms with Crippen LogP contribution in [0.2, 0.25) is 5.02 Å². The zero-order valence-electron chi connectivity index (χ0n) is 9.50. The van der Waals surface area contributed by atoms with E-state index in [0.717, 1.165) is 26.4 Å². The van der Waals surface area contributed by atoms with Gasteiger partial charge < -0.3 is 5.32 Å². The van der Waals surface area contributed by atoms with Crippen LogP contribution in [-0.2, 0) is 0 Å². The molecule has 1 N–H and O–H groups in total. The fourth-order valence-corrected chi connectivity index (χ4v) is 2.88. The van der Waals surface area contributed by atoms with Crippen molar-refractivity contribution in [1.82, 2.24) is 4.98 Å². The van der Waals surface area contributed by atoms with E-state index in [1.807, 2.05) is 29.9 Å². The number of nitrogens with zero attached hydrogens (tertiary/aromatic N) is 1. The molecular weight excluding hydrogens is 320 g/mol. The van der Waals surface area contributed by atoms with Crippen molar-refractivity contribution in [2.24, 2.45) is 0 Å². The standard InChI is InChI=1S/C12H12BrClN2S/c1-7-3-9(13)11(4-10(7)14)16-8(2)12-5-17-6-15-12/h3-6,8,16H,1-2H3. The van der Waals surface area contributed by atoms with Gasteiger partial charge in [0.25, 0.3) is 0 Å². The number of hydrogen-bond acceptors (Lipinski definition) is 3. The van der Waals surface area contributed by atoms with E-state index in [9.17, 15) is 0 Å². The van der Waals surface area contributed by atoms with Gasteiger partial charge in [-0.05, 0) is 47.5 Å². The van der Waals surface area contributed by atoms with Crippen molar-refractivity contribution < 1.29 is 0 Å². The summed E-state index contributed by atoms with van der Waals surface area (Å²) < 4.78 is 1.02. The van der Waals surface area contributed by atoms with Crippen LogP contribution < -0.4 is 5.32 Å². The van der Waals surface area contributed by atoms with E-state index < -0.39 is 0 Å². The number of rotatable bonds is 3. The molecule has 0 fully saturated rings. The quantitative estimate of drug-likeness (QED) is 0.852. The van der Waals surface area contributed by atoms with Crippen molar-refractivity contribution in [1.29, 1.82) is 0 Å². The highest BCUT2D eigenvalue weighted by Gasteiger charge is 2.10. The molecule has 1 aromatic heterocycles. The van der Waals surface area contributed by atoms with Crippen LogP contribution >= 0.6 is 38.9 Å². The van der Waals surface area contributed by atoms with Gasteiger partial charge in [-0.3, -0.25) is 0 Å². The molecule has 2 nitrogen and oxygen atoms in total. The van der Waals surface area contributed by atoms with E-state index in [4.69, 9.17) is 11.6 Å². The molecule has 1 aromatic carbocycles. The molecule has 0 aliphatic heterocycles. The molecule has 5 heteroatoms. The smallest absolute Gasteiger partial charge is 0.0795 e. The van der Waals surface area contributed by atoms with Crippen molar-refractivity contribution in [2.45, 2.75) is 19.9 Å². The van der Waals surface area contributed by atoms with E-state index in [0.29, 0.717) is 0 Å². The molecule has 1 unspecified atom stereocenters. The highest BCUT2D eigenvalue weighted by atomic mass is 79.9. The Morgan fingerprint density at radius 3 is 2.88 bits per heavy atom. The first-order valence-electron chi connectivity index (χ1n) is 5.18. The Kier molecular flexibility index (Phi) is 4.07. The molecule has 0 saturated carbocycles. The number of anilines is 1. The SMILES string of the molecule is Cc1cc(Br)c(NC(C)c2cscn2)cc1Cl. The van der Waals surface area contributed by atoms with Crippen molar-refractivity contribution in [3.63, 3.8) is 0 Å². The summed E-state index contributed by atoms with van der Waals surface area (Å²) >= 11 is 11.3. The van der Waals surface area contributed by atoms with Gasteiger partial charge in [-0.2, -0.15) is 0 Å². The average molecular weight is 332 g/mol. The van der Waals surface area contributed by atoms with Crippen LogP contribution in [0.25, 0.3) is 0 Å². The largest absolute Gasteiger partial charge is 0.376 e. The lowest BCUT2D eigenvalue weighted by Gasteiger charge is -2.15. The summed E-state index contributed by atoms with van der Waals surface area (Å²) in [6.45, 7) is 4.07. The summed E-state index contributed by atoms with van der Waals surface area (Å²) in [7, 11) is 0. The molecule has 0 spiro atoms. The first-order valence-corrected chi connectivity index (χ1v) is 7.29. The molecular formula is C12H12BrClN2S. The molecule has 1 atom stereocenters. The second-order valence-electron chi connectivity index (χ2n) is 3.86. The van der Waals surface area contributed by atoms with E-state index in [-0.39, 0.29) is 6.04 Å².